The van der Waals surface area contributed by atoms with E-state index in [1.54, 1.807) is 38.1 Å². The van der Waals surface area contributed by atoms with Crippen molar-refractivity contribution >= 4 is 15.7 Å². The van der Waals surface area contributed by atoms with Gasteiger partial charge in [-0.15, -0.1) is 0 Å². The van der Waals surface area contributed by atoms with Gasteiger partial charge in [0.15, 0.2) is 0 Å². The van der Waals surface area contributed by atoms with Crippen molar-refractivity contribution in [1.82, 2.24) is 9.78 Å². The summed E-state index contributed by atoms with van der Waals surface area (Å²) in [5, 5.41) is 4.32. The minimum absolute atomic E-state index is 0.0791. The molecule has 0 spiro atoms. The summed E-state index contributed by atoms with van der Waals surface area (Å²) in [4.78, 5) is 0.0791. The van der Waals surface area contributed by atoms with Crippen molar-refractivity contribution in [2.75, 3.05) is 11.8 Å². The van der Waals surface area contributed by atoms with Gasteiger partial charge < -0.3 is 4.74 Å². The van der Waals surface area contributed by atoms with E-state index >= 15 is 0 Å². The third-order valence-electron chi connectivity index (χ3n) is 4.16. The predicted octanol–water partition coefficient (Wildman–Crippen LogP) is 3.75. The molecule has 0 aliphatic rings. The van der Waals surface area contributed by atoms with Crippen LogP contribution in [0.4, 0.5) is 10.1 Å². The van der Waals surface area contributed by atoms with Crippen LogP contribution in [0.2, 0.25) is 0 Å². The van der Waals surface area contributed by atoms with Gasteiger partial charge in [-0.05, 0) is 62.7 Å². The van der Waals surface area contributed by atoms with Gasteiger partial charge in [0.2, 0.25) is 0 Å². The number of halogens is 1. The lowest BCUT2D eigenvalue weighted by Crippen LogP contribution is -2.15. The van der Waals surface area contributed by atoms with Gasteiger partial charge in [0.05, 0.1) is 29.9 Å². The molecular formula is C19H20FN3O3S. The average molecular weight is 389 g/mol. The van der Waals surface area contributed by atoms with Crippen molar-refractivity contribution in [2.24, 2.45) is 0 Å². The van der Waals surface area contributed by atoms with Crippen LogP contribution < -0.4 is 9.46 Å². The summed E-state index contributed by atoms with van der Waals surface area (Å²) in [5.74, 6) is 0.0479. The van der Waals surface area contributed by atoms with E-state index in [0.29, 0.717) is 28.5 Å². The third-order valence-corrected chi connectivity index (χ3v) is 5.78. The molecule has 0 radical (unpaired) electrons. The molecule has 0 atom stereocenters. The highest BCUT2D eigenvalue weighted by Crippen LogP contribution is 2.30. The van der Waals surface area contributed by atoms with Gasteiger partial charge >= 0.3 is 0 Å². The summed E-state index contributed by atoms with van der Waals surface area (Å²) in [6.45, 7) is 5.14. The van der Waals surface area contributed by atoms with E-state index in [1.807, 2.05) is 13.0 Å². The number of aryl methyl sites for hydroxylation is 2. The van der Waals surface area contributed by atoms with E-state index in [0.717, 1.165) is 5.56 Å². The first-order valence-electron chi connectivity index (χ1n) is 8.22. The standard InChI is InChI=1S/C19H20FN3O3S/c1-12-5-10-18(26-4)17(11-12)22-27(24,25)19-13(2)21-23(14(19)3)16-8-6-15(20)7-9-16/h5-11,22H,1-4H3. The van der Waals surface area contributed by atoms with Crippen molar-refractivity contribution in [3.63, 3.8) is 0 Å². The second-order valence-corrected chi connectivity index (χ2v) is 7.82. The number of anilines is 1. The largest absolute Gasteiger partial charge is 0.495 e. The normalized spacial score (nSPS) is 11.4. The molecule has 1 heterocycles. The van der Waals surface area contributed by atoms with Gasteiger partial charge in [-0.3, -0.25) is 4.72 Å². The van der Waals surface area contributed by atoms with E-state index < -0.39 is 10.0 Å². The number of sulfonamides is 1. The second-order valence-electron chi connectivity index (χ2n) is 6.20. The molecule has 3 rings (SSSR count). The molecule has 0 aliphatic heterocycles. The van der Waals surface area contributed by atoms with Crippen molar-refractivity contribution < 1.29 is 17.5 Å². The molecule has 142 valence electrons. The topological polar surface area (TPSA) is 73.2 Å². The maximum Gasteiger partial charge on any atom is 0.265 e. The van der Waals surface area contributed by atoms with E-state index in [2.05, 4.69) is 9.82 Å². The van der Waals surface area contributed by atoms with Gasteiger partial charge in [-0.25, -0.2) is 17.5 Å². The van der Waals surface area contributed by atoms with Crippen LogP contribution in [0.25, 0.3) is 5.69 Å². The Morgan fingerprint density at radius 2 is 1.74 bits per heavy atom. The molecule has 1 N–H and O–H groups in total. The Labute approximate surface area is 157 Å². The zero-order valence-electron chi connectivity index (χ0n) is 15.4. The van der Waals surface area contributed by atoms with Gasteiger partial charge in [0, 0.05) is 0 Å². The summed E-state index contributed by atoms with van der Waals surface area (Å²) in [7, 11) is -2.43. The molecule has 2 aromatic carbocycles. The Morgan fingerprint density at radius 1 is 1.07 bits per heavy atom. The number of nitrogens with zero attached hydrogens (tertiary/aromatic N) is 2. The first-order valence-corrected chi connectivity index (χ1v) is 9.71. The quantitative estimate of drug-likeness (QED) is 0.721. The number of hydrogen-bond acceptors (Lipinski definition) is 4. The molecule has 0 saturated heterocycles. The molecule has 8 heteroatoms. The van der Waals surface area contributed by atoms with Crippen molar-refractivity contribution in [1.29, 1.82) is 0 Å². The molecule has 3 aromatic rings. The van der Waals surface area contributed by atoms with E-state index in [-0.39, 0.29) is 10.7 Å². The maximum absolute atomic E-state index is 13.2. The maximum atomic E-state index is 13.2. The summed E-state index contributed by atoms with van der Waals surface area (Å²) in [6, 6.07) is 10.9. The van der Waals surface area contributed by atoms with Crippen LogP contribution in [0, 0.1) is 26.6 Å². The average Bonchev–Trinajstić information content (AvgIpc) is 2.90. The molecule has 0 saturated carbocycles. The fourth-order valence-corrected chi connectivity index (χ4v) is 4.40. The molecular weight excluding hydrogens is 369 g/mol. The Hall–Kier alpha value is -2.87. The lowest BCUT2D eigenvalue weighted by Gasteiger charge is -2.13. The lowest BCUT2D eigenvalue weighted by atomic mass is 10.2. The zero-order chi connectivity index (χ0) is 19.8. The summed E-state index contributed by atoms with van der Waals surface area (Å²) in [6.07, 6.45) is 0. The Kier molecular flexibility index (Phi) is 4.93. The number of aromatic nitrogens is 2. The van der Waals surface area contributed by atoms with Crippen LogP contribution >= 0.6 is 0 Å². The highest BCUT2D eigenvalue weighted by molar-refractivity contribution is 7.92. The molecule has 0 bridgehead atoms. The van der Waals surface area contributed by atoms with Gasteiger partial charge in [-0.2, -0.15) is 5.10 Å². The molecule has 0 unspecified atom stereocenters. The molecule has 1 aromatic heterocycles. The lowest BCUT2D eigenvalue weighted by molar-refractivity contribution is 0.417. The van der Waals surface area contributed by atoms with E-state index in [4.69, 9.17) is 4.74 Å². The molecule has 6 nitrogen and oxygen atoms in total. The molecule has 0 amide bonds. The third kappa shape index (κ3) is 3.66. The number of rotatable bonds is 5. The van der Waals surface area contributed by atoms with E-state index in [1.165, 1.54) is 23.9 Å². The zero-order valence-corrected chi connectivity index (χ0v) is 16.3. The number of methoxy groups -OCH3 is 1. The highest BCUT2D eigenvalue weighted by atomic mass is 32.2. The van der Waals surface area contributed by atoms with Crippen LogP contribution in [-0.2, 0) is 10.0 Å². The fourth-order valence-electron chi connectivity index (χ4n) is 2.95. The number of benzene rings is 2. The SMILES string of the molecule is COc1ccc(C)cc1NS(=O)(=O)c1c(C)nn(-c2ccc(F)cc2)c1C. The first-order chi connectivity index (χ1) is 12.7. The number of hydrogen-bond donors (Lipinski definition) is 1. The predicted molar refractivity (Wildman–Crippen MR) is 102 cm³/mol. The summed E-state index contributed by atoms with van der Waals surface area (Å²) >= 11 is 0. The van der Waals surface area contributed by atoms with Crippen molar-refractivity contribution in [3.05, 3.63) is 65.2 Å². The van der Waals surface area contributed by atoms with Gasteiger partial charge in [-0.1, -0.05) is 6.07 Å². The monoisotopic (exact) mass is 389 g/mol. The van der Waals surface area contributed by atoms with Crippen LogP contribution in [0.15, 0.2) is 47.4 Å². The minimum atomic E-state index is -3.91. The Balaban J connectivity index is 2.05. The van der Waals surface area contributed by atoms with Crippen molar-refractivity contribution in [2.45, 2.75) is 25.7 Å². The van der Waals surface area contributed by atoms with Crippen LogP contribution in [0.3, 0.4) is 0 Å². The van der Waals surface area contributed by atoms with Gasteiger partial charge in [0.25, 0.3) is 10.0 Å². The van der Waals surface area contributed by atoms with Gasteiger partial charge in [0.1, 0.15) is 16.5 Å². The highest BCUT2D eigenvalue weighted by Gasteiger charge is 2.26. The summed E-state index contributed by atoms with van der Waals surface area (Å²) in [5.41, 5.74) is 2.59. The molecule has 27 heavy (non-hydrogen) atoms. The Morgan fingerprint density at radius 3 is 2.37 bits per heavy atom. The summed E-state index contributed by atoms with van der Waals surface area (Å²) < 4.78 is 48.6. The smallest absolute Gasteiger partial charge is 0.265 e. The number of ether oxygens (including phenoxy) is 1. The molecule has 0 aliphatic carbocycles. The fraction of sp³-hybridized carbons (Fsp3) is 0.211. The van der Waals surface area contributed by atoms with Crippen LogP contribution in [-0.4, -0.2) is 25.3 Å². The minimum Gasteiger partial charge on any atom is -0.495 e. The Bertz CT molecular complexity index is 1090. The van der Waals surface area contributed by atoms with Crippen LogP contribution in [0.5, 0.6) is 5.75 Å². The van der Waals surface area contributed by atoms with E-state index in [9.17, 15) is 12.8 Å². The first kappa shape index (κ1) is 18.9. The second kappa shape index (κ2) is 7.03. The number of nitrogens with one attached hydrogen (secondary N) is 1. The molecule has 0 fully saturated rings. The van der Waals surface area contributed by atoms with Crippen molar-refractivity contribution in [3.8, 4) is 11.4 Å². The van der Waals surface area contributed by atoms with Crippen LogP contribution in [0.1, 0.15) is 17.0 Å².